The zero-order chi connectivity index (χ0) is 15.8. The van der Waals surface area contributed by atoms with Crippen LogP contribution < -0.4 is 5.32 Å². The Morgan fingerprint density at radius 3 is 2.52 bits per heavy atom. The first-order valence-corrected chi connectivity index (χ1v) is 6.86. The molecule has 3 amide bonds. The van der Waals surface area contributed by atoms with Crippen molar-refractivity contribution >= 4 is 17.9 Å². The van der Waals surface area contributed by atoms with Gasteiger partial charge in [0.2, 0.25) is 5.91 Å². The molecule has 2 heterocycles. The highest BCUT2D eigenvalue weighted by Gasteiger charge is 2.48. The number of carbonyl (C=O) groups excluding carboxylic acids is 2. The lowest BCUT2D eigenvalue weighted by Gasteiger charge is -2.51. The fraction of sp³-hybridized carbons (Fsp3) is 0.769. The van der Waals surface area contributed by atoms with Gasteiger partial charge in [-0.3, -0.25) is 4.79 Å². The summed E-state index contributed by atoms with van der Waals surface area (Å²) in [6.07, 6.45) is 0. The number of carboxylic acids is 1. The standard InChI is InChI=1S/C13H21N3O5/c1-12(2)10(19)14-4-5-16(12)11(20)15-7-13(3,8-15)21-6-9(17)18/h4-8H2,1-3H3,(H,14,19)(H,17,18). The number of aliphatic carboxylic acids is 1. The molecule has 21 heavy (non-hydrogen) atoms. The topological polar surface area (TPSA) is 99.2 Å². The summed E-state index contributed by atoms with van der Waals surface area (Å²) in [6.45, 7) is 6.36. The minimum Gasteiger partial charge on any atom is -0.480 e. The van der Waals surface area contributed by atoms with Crippen LogP contribution >= 0.6 is 0 Å². The molecule has 8 nitrogen and oxygen atoms in total. The molecule has 2 N–H and O–H groups in total. The van der Waals surface area contributed by atoms with Gasteiger partial charge in [0.1, 0.15) is 17.7 Å². The molecule has 2 aliphatic heterocycles. The van der Waals surface area contributed by atoms with Crippen LogP contribution in [0.15, 0.2) is 0 Å². The highest BCUT2D eigenvalue weighted by molar-refractivity contribution is 5.91. The van der Waals surface area contributed by atoms with Crippen molar-refractivity contribution in [3.63, 3.8) is 0 Å². The molecule has 0 aromatic rings. The van der Waals surface area contributed by atoms with Gasteiger partial charge in [-0.1, -0.05) is 0 Å². The van der Waals surface area contributed by atoms with Gasteiger partial charge in [-0.05, 0) is 20.8 Å². The molecule has 0 radical (unpaired) electrons. The molecule has 2 saturated heterocycles. The van der Waals surface area contributed by atoms with E-state index in [9.17, 15) is 14.4 Å². The molecule has 0 aromatic carbocycles. The van der Waals surface area contributed by atoms with Crippen molar-refractivity contribution in [3.8, 4) is 0 Å². The van der Waals surface area contributed by atoms with Crippen LogP contribution in [-0.2, 0) is 14.3 Å². The molecular weight excluding hydrogens is 278 g/mol. The number of rotatable bonds is 3. The molecule has 0 aromatic heterocycles. The van der Waals surface area contributed by atoms with Crippen molar-refractivity contribution in [2.24, 2.45) is 0 Å². The molecule has 0 aliphatic carbocycles. The number of piperazine rings is 1. The molecule has 0 saturated carbocycles. The quantitative estimate of drug-likeness (QED) is 0.731. The van der Waals surface area contributed by atoms with E-state index in [0.29, 0.717) is 26.2 Å². The van der Waals surface area contributed by atoms with Crippen LogP contribution in [0.2, 0.25) is 0 Å². The van der Waals surface area contributed by atoms with E-state index in [-0.39, 0.29) is 18.5 Å². The van der Waals surface area contributed by atoms with Crippen LogP contribution in [0.5, 0.6) is 0 Å². The van der Waals surface area contributed by atoms with Crippen LogP contribution in [-0.4, -0.2) is 76.7 Å². The largest absolute Gasteiger partial charge is 0.480 e. The van der Waals surface area contributed by atoms with E-state index in [4.69, 9.17) is 9.84 Å². The van der Waals surface area contributed by atoms with Gasteiger partial charge in [0.25, 0.3) is 0 Å². The van der Waals surface area contributed by atoms with Gasteiger partial charge >= 0.3 is 12.0 Å². The average Bonchev–Trinajstić information content (AvgIpc) is 2.35. The van der Waals surface area contributed by atoms with Gasteiger partial charge in [-0.2, -0.15) is 0 Å². The van der Waals surface area contributed by atoms with Gasteiger partial charge in [0.15, 0.2) is 0 Å². The lowest BCUT2D eigenvalue weighted by atomic mass is 9.95. The first-order chi connectivity index (χ1) is 9.66. The maximum atomic E-state index is 12.5. The zero-order valence-electron chi connectivity index (χ0n) is 12.5. The lowest BCUT2D eigenvalue weighted by Crippen LogP contribution is -2.71. The Kier molecular flexibility index (Phi) is 3.83. The van der Waals surface area contributed by atoms with E-state index in [1.807, 2.05) is 0 Å². The second kappa shape index (κ2) is 5.18. The lowest BCUT2D eigenvalue weighted by molar-refractivity contribution is -0.161. The fourth-order valence-corrected chi connectivity index (χ4v) is 2.63. The van der Waals surface area contributed by atoms with Gasteiger partial charge < -0.3 is 25.0 Å². The van der Waals surface area contributed by atoms with Crippen molar-refractivity contribution in [1.82, 2.24) is 15.1 Å². The van der Waals surface area contributed by atoms with Crippen molar-refractivity contribution in [2.45, 2.75) is 31.9 Å². The number of nitrogens with one attached hydrogen (secondary N) is 1. The summed E-state index contributed by atoms with van der Waals surface area (Å²) in [5.74, 6) is -1.21. The van der Waals surface area contributed by atoms with Crippen LogP contribution in [0, 0.1) is 0 Å². The Morgan fingerprint density at radius 2 is 1.95 bits per heavy atom. The number of amides is 3. The van der Waals surface area contributed by atoms with E-state index >= 15 is 0 Å². The number of carboxylic acid groups (broad SMARTS) is 1. The second-order valence-electron chi connectivity index (χ2n) is 6.24. The Hall–Kier alpha value is -1.83. The molecule has 0 spiro atoms. The van der Waals surface area contributed by atoms with E-state index in [0.717, 1.165) is 0 Å². The van der Waals surface area contributed by atoms with E-state index in [1.165, 1.54) is 0 Å². The zero-order valence-corrected chi connectivity index (χ0v) is 12.5. The van der Waals surface area contributed by atoms with Crippen molar-refractivity contribution in [1.29, 1.82) is 0 Å². The third-order valence-corrected chi connectivity index (χ3v) is 3.95. The smallest absolute Gasteiger partial charge is 0.329 e. The number of carbonyl (C=O) groups is 3. The maximum absolute atomic E-state index is 12.5. The number of nitrogens with zero attached hydrogens (tertiary/aromatic N) is 2. The minimum atomic E-state index is -1.03. The summed E-state index contributed by atoms with van der Waals surface area (Å²) in [7, 11) is 0. The number of urea groups is 1. The van der Waals surface area contributed by atoms with Crippen molar-refractivity contribution in [3.05, 3.63) is 0 Å². The molecule has 118 valence electrons. The summed E-state index contributed by atoms with van der Waals surface area (Å²) in [5.41, 5.74) is -1.51. The van der Waals surface area contributed by atoms with Gasteiger partial charge in [0, 0.05) is 13.1 Å². The number of ether oxygens (including phenoxy) is 1. The molecule has 0 bridgehead atoms. The van der Waals surface area contributed by atoms with Crippen LogP contribution in [0.25, 0.3) is 0 Å². The second-order valence-corrected chi connectivity index (χ2v) is 6.24. The van der Waals surface area contributed by atoms with Crippen LogP contribution in [0.1, 0.15) is 20.8 Å². The van der Waals surface area contributed by atoms with E-state index < -0.39 is 17.1 Å². The third kappa shape index (κ3) is 2.94. The van der Waals surface area contributed by atoms with Gasteiger partial charge in [-0.15, -0.1) is 0 Å². The van der Waals surface area contributed by atoms with Crippen molar-refractivity contribution < 1.29 is 24.2 Å². The van der Waals surface area contributed by atoms with Gasteiger partial charge in [-0.25, -0.2) is 9.59 Å². The maximum Gasteiger partial charge on any atom is 0.329 e. The Bertz CT molecular complexity index is 470. The van der Waals surface area contributed by atoms with Crippen molar-refractivity contribution in [2.75, 3.05) is 32.8 Å². The predicted molar refractivity (Wildman–Crippen MR) is 72.8 cm³/mol. The summed E-state index contributed by atoms with van der Waals surface area (Å²) in [4.78, 5) is 37.9. The molecule has 0 unspecified atom stereocenters. The number of likely N-dealkylation sites (tertiary alicyclic amines) is 1. The monoisotopic (exact) mass is 299 g/mol. The summed E-state index contributed by atoms with van der Waals surface area (Å²) < 4.78 is 5.28. The Balaban J connectivity index is 1.94. The normalized spacial score (nSPS) is 23.3. The fourth-order valence-electron chi connectivity index (χ4n) is 2.63. The van der Waals surface area contributed by atoms with E-state index in [1.54, 1.807) is 30.6 Å². The number of hydrogen-bond donors (Lipinski definition) is 2. The molecule has 8 heteroatoms. The van der Waals surface area contributed by atoms with Gasteiger partial charge in [0.05, 0.1) is 13.1 Å². The molecule has 2 fully saturated rings. The highest BCUT2D eigenvalue weighted by Crippen LogP contribution is 2.28. The average molecular weight is 299 g/mol. The predicted octanol–water partition coefficient (Wildman–Crippen LogP) is -0.508. The summed E-state index contributed by atoms with van der Waals surface area (Å²) in [6, 6.07) is -0.216. The molecule has 2 aliphatic rings. The summed E-state index contributed by atoms with van der Waals surface area (Å²) >= 11 is 0. The Morgan fingerprint density at radius 1 is 1.33 bits per heavy atom. The molecule has 2 rings (SSSR count). The number of hydrogen-bond acceptors (Lipinski definition) is 4. The highest BCUT2D eigenvalue weighted by atomic mass is 16.5. The minimum absolute atomic E-state index is 0.174. The molecular formula is C13H21N3O5. The summed E-state index contributed by atoms with van der Waals surface area (Å²) in [5, 5.41) is 11.4. The van der Waals surface area contributed by atoms with E-state index in [2.05, 4.69) is 5.32 Å². The first kappa shape index (κ1) is 15.6. The Labute approximate surface area is 123 Å². The first-order valence-electron chi connectivity index (χ1n) is 6.86. The van der Waals surface area contributed by atoms with Crippen LogP contribution in [0.4, 0.5) is 4.79 Å². The van der Waals surface area contributed by atoms with Crippen LogP contribution in [0.3, 0.4) is 0 Å². The molecule has 0 atom stereocenters. The SMILES string of the molecule is CC1(OCC(=O)O)CN(C(=O)N2CCNC(=O)C2(C)C)C1. The third-order valence-electron chi connectivity index (χ3n) is 3.95.